The third-order valence-corrected chi connectivity index (χ3v) is 1.10. The van der Waals surface area contributed by atoms with Crippen molar-refractivity contribution in [2.75, 3.05) is 0 Å². The fraction of sp³-hybridized carbons (Fsp3) is 0.500. The van der Waals surface area contributed by atoms with Crippen LogP contribution in [0.25, 0.3) is 0 Å². The van der Waals surface area contributed by atoms with Crippen LogP contribution in [0, 0.1) is 0 Å². The lowest BCUT2D eigenvalue weighted by Gasteiger charge is -1.79. The van der Waals surface area contributed by atoms with E-state index in [2.05, 4.69) is 16.9 Å². The van der Waals surface area contributed by atoms with Crippen molar-refractivity contribution in [3.63, 3.8) is 0 Å². The molecule has 1 N–H and O–H groups in total. The summed E-state index contributed by atoms with van der Waals surface area (Å²) in [6.45, 7) is 3.90. The fourth-order valence-electron chi connectivity index (χ4n) is 0.478. The molecule has 0 aliphatic rings. The van der Waals surface area contributed by atoms with E-state index in [0.717, 1.165) is 12.7 Å². The highest BCUT2D eigenvalue weighted by Crippen LogP contribution is 1.88. The third kappa shape index (κ3) is 5.33. The van der Waals surface area contributed by atoms with Gasteiger partial charge in [-0.25, -0.2) is 4.98 Å². The van der Waals surface area contributed by atoms with Crippen LogP contribution in [0.1, 0.15) is 26.0 Å². The van der Waals surface area contributed by atoms with Crippen molar-refractivity contribution in [2.45, 2.75) is 26.7 Å². The summed E-state index contributed by atoms with van der Waals surface area (Å²) in [7, 11) is 0. The number of carbonyl (C=O) groups is 1. The number of aromatic amines is 1. The molecule has 1 rings (SSSR count). The van der Waals surface area contributed by atoms with Gasteiger partial charge >= 0.3 is 0 Å². The normalized spacial score (nSPS) is 8.18. The molecule has 3 nitrogen and oxygen atoms in total. The average Bonchev–Trinajstić information content (AvgIpc) is 2.56. The van der Waals surface area contributed by atoms with E-state index >= 15 is 0 Å². The van der Waals surface area contributed by atoms with Crippen LogP contribution in [0.5, 0.6) is 0 Å². The van der Waals surface area contributed by atoms with Crippen molar-refractivity contribution in [3.8, 4) is 0 Å². The molecule has 0 fully saturated rings. The molecule has 0 aliphatic heterocycles. The van der Waals surface area contributed by atoms with Crippen LogP contribution >= 0.6 is 0 Å². The molecule has 0 aromatic carbocycles. The second kappa shape index (κ2) is 6.99. The largest absolute Gasteiger partial charge is 0.349 e. The highest BCUT2D eigenvalue weighted by molar-refractivity contribution is 5.48. The topological polar surface area (TPSA) is 45.8 Å². The maximum atomic E-state index is 9.17. The summed E-state index contributed by atoms with van der Waals surface area (Å²) in [6, 6.07) is 0. The second-order valence-electron chi connectivity index (χ2n) is 2.01. The SMILES string of the molecule is CCC=O.CCc1cnc[nH]1. The van der Waals surface area contributed by atoms with Crippen LogP contribution in [0.4, 0.5) is 0 Å². The first-order valence-corrected chi connectivity index (χ1v) is 3.76. The predicted octanol–water partition coefficient (Wildman–Crippen LogP) is 1.57. The number of hydrogen-bond donors (Lipinski definition) is 1. The number of imidazole rings is 1. The van der Waals surface area contributed by atoms with Crippen molar-refractivity contribution >= 4 is 6.29 Å². The van der Waals surface area contributed by atoms with Crippen LogP contribution in [0.15, 0.2) is 12.5 Å². The van der Waals surface area contributed by atoms with Crippen LogP contribution < -0.4 is 0 Å². The highest BCUT2D eigenvalue weighted by Gasteiger charge is 1.82. The van der Waals surface area contributed by atoms with Gasteiger partial charge in [0.15, 0.2) is 0 Å². The number of H-pyrrole nitrogens is 1. The third-order valence-electron chi connectivity index (χ3n) is 1.10. The number of carbonyl (C=O) groups excluding carboxylic acids is 1. The van der Waals surface area contributed by atoms with E-state index in [9.17, 15) is 4.79 Å². The van der Waals surface area contributed by atoms with Crippen molar-refractivity contribution in [1.29, 1.82) is 0 Å². The molecule has 1 aromatic rings. The first kappa shape index (κ1) is 9.88. The maximum Gasteiger partial charge on any atom is 0.119 e. The monoisotopic (exact) mass is 154 g/mol. The quantitative estimate of drug-likeness (QED) is 0.657. The van der Waals surface area contributed by atoms with Crippen molar-refractivity contribution in [1.82, 2.24) is 9.97 Å². The summed E-state index contributed by atoms with van der Waals surface area (Å²) in [5.41, 5.74) is 1.19. The van der Waals surface area contributed by atoms with Gasteiger partial charge in [0.2, 0.25) is 0 Å². The number of aryl methyl sites for hydroxylation is 1. The molecule has 1 aromatic heterocycles. The predicted molar refractivity (Wildman–Crippen MR) is 44.3 cm³/mol. The fourth-order valence-corrected chi connectivity index (χ4v) is 0.478. The van der Waals surface area contributed by atoms with E-state index in [1.54, 1.807) is 6.33 Å². The standard InChI is InChI=1S/C5H8N2.C3H6O/c1-2-5-3-6-4-7-5;1-2-3-4/h3-4H,2H2,1H3,(H,6,7);3H,2H2,1H3. The van der Waals surface area contributed by atoms with E-state index < -0.39 is 0 Å². The van der Waals surface area contributed by atoms with Gasteiger partial charge in [0.1, 0.15) is 6.29 Å². The summed E-state index contributed by atoms with van der Waals surface area (Å²) < 4.78 is 0. The Morgan fingerprint density at radius 2 is 2.27 bits per heavy atom. The van der Waals surface area contributed by atoms with Crippen molar-refractivity contribution in [3.05, 3.63) is 18.2 Å². The number of aldehydes is 1. The lowest BCUT2D eigenvalue weighted by Crippen LogP contribution is -1.73. The first-order valence-electron chi connectivity index (χ1n) is 3.76. The molecule has 0 aliphatic carbocycles. The minimum absolute atomic E-state index is 0.639. The molecule has 0 unspecified atom stereocenters. The molecule has 0 saturated carbocycles. The molecular formula is C8H14N2O. The minimum Gasteiger partial charge on any atom is -0.349 e. The van der Waals surface area contributed by atoms with Gasteiger partial charge in [-0.1, -0.05) is 13.8 Å². The van der Waals surface area contributed by atoms with E-state index in [1.165, 1.54) is 5.69 Å². The van der Waals surface area contributed by atoms with Crippen molar-refractivity contribution < 1.29 is 4.79 Å². The molecule has 62 valence electrons. The Kier molecular flexibility index (Phi) is 6.28. The molecule has 0 amide bonds. The van der Waals surface area contributed by atoms with Crippen LogP contribution in [0.2, 0.25) is 0 Å². The Balaban J connectivity index is 0.000000218. The molecule has 0 atom stereocenters. The van der Waals surface area contributed by atoms with E-state index in [-0.39, 0.29) is 0 Å². The van der Waals surface area contributed by atoms with Crippen LogP contribution in [-0.4, -0.2) is 16.3 Å². The van der Waals surface area contributed by atoms with Gasteiger partial charge in [-0.05, 0) is 6.42 Å². The van der Waals surface area contributed by atoms with Crippen LogP contribution in [0.3, 0.4) is 0 Å². The Labute approximate surface area is 66.9 Å². The number of aromatic nitrogens is 2. The maximum absolute atomic E-state index is 9.17. The van der Waals surface area contributed by atoms with E-state index in [0.29, 0.717) is 6.42 Å². The van der Waals surface area contributed by atoms with Gasteiger partial charge in [0.25, 0.3) is 0 Å². The van der Waals surface area contributed by atoms with Gasteiger partial charge < -0.3 is 9.78 Å². The smallest absolute Gasteiger partial charge is 0.119 e. The molecule has 11 heavy (non-hydrogen) atoms. The van der Waals surface area contributed by atoms with Crippen molar-refractivity contribution in [2.24, 2.45) is 0 Å². The minimum atomic E-state index is 0.639. The molecule has 3 heteroatoms. The highest BCUT2D eigenvalue weighted by atomic mass is 16.1. The van der Waals surface area contributed by atoms with E-state index in [4.69, 9.17) is 0 Å². The zero-order valence-electron chi connectivity index (χ0n) is 7.00. The second-order valence-corrected chi connectivity index (χ2v) is 2.01. The molecule has 0 bridgehead atoms. The molecule has 0 saturated heterocycles. The molecule has 0 spiro atoms. The van der Waals surface area contributed by atoms with E-state index in [1.807, 2.05) is 13.1 Å². The Bertz CT molecular complexity index is 170. The summed E-state index contributed by atoms with van der Waals surface area (Å²) in [4.78, 5) is 16.0. The molecule has 0 radical (unpaired) electrons. The van der Waals surface area contributed by atoms with Crippen LogP contribution in [-0.2, 0) is 11.2 Å². The average molecular weight is 154 g/mol. The van der Waals surface area contributed by atoms with Gasteiger partial charge in [-0.3, -0.25) is 0 Å². The van der Waals surface area contributed by atoms with Gasteiger partial charge in [-0.2, -0.15) is 0 Å². The lowest BCUT2D eigenvalue weighted by atomic mass is 10.4. The number of nitrogens with one attached hydrogen (secondary N) is 1. The number of nitrogens with zero attached hydrogens (tertiary/aromatic N) is 1. The zero-order chi connectivity index (χ0) is 8.53. The zero-order valence-corrected chi connectivity index (χ0v) is 7.00. The first-order chi connectivity index (χ1) is 5.35. The summed E-state index contributed by atoms with van der Waals surface area (Å²) in [6.07, 6.45) is 6.08. The Hall–Kier alpha value is -1.12. The van der Waals surface area contributed by atoms with Gasteiger partial charge in [-0.15, -0.1) is 0 Å². The lowest BCUT2D eigenvalue weighted by molar-refractivity contribution is -0.107. The summed E-state index contributed by atoms with van der Waals surface area (Å²) in [5, 5.41) is 0. The molecular weight excluding hydrogens is 140 g/mol. The Morgan fingerprint density at radius 3 is 2.45 bits per heavy atom. The number of rotatable bonds is 2. The Morgan fingerprint density at radius 1 is 1.64 bits per heavy atom. The summed E-state index contributed by atoms with van der Waals surface area (Å²) >= 11 is 0. The van der Waals surface area contributed by atoms with Gasteiger partial charge in [0, 0.05) is 18.3 Å². The summed E-state index contributed by atoms with van der Waals surface area (Å²) in [5.74, 6) is 0. The molecule has 1 heterocycles. The van der Waals surface area contributed by atoms with Gasteiger partial charge in [0.05, 0.1) is 6.33 Å². The number of hydrogen-bond acceptors (Lipinski definition) is 2.